The summed E-state index contributed by atoms with van der Waals surface area (Å²) in [5.74, 6) is -0.805. The normalized spacial score (nSPS) is 10.2. The number of halogens is 1. The zero-order chi connectivity index (χ0) is 16.5. The number of carbonyl (C=O) groups excluding carboxylic acids is 3. The van der Waals surface area contributed by atoms with Gasteiger partial charge in [-0.2, -0.15) is 0 Å². The second kappa shape index (κ2) is 9.39. The molecule has 0 radical (unpaired) electrons. The van der Waals surface area contributed by atoms with E-state index >= 15 is 0 Å². The Morgan fingerprint density at radius 3 is 2.64 bits per heavy atom. The molecule has 0 unspecified atom stereocenters. The van der Waals surface area contributed by atoms with Gasteiger partial charge in [0.25, 0.3) is 5.91 Å². The van der Waals surface area contributed by atoms with Crippen molar-refractivity contribution in [2.45, 2.75) is 20.3 Å². The summed E-state index contributed by atoms with van der Waals surface area (Å²) in [7, 11) is 0. The lowest BCUT2D eigenvalue weighted by Crippen LogP contribution is -2.41. The summed E-state index contributed by atoms with van der Waals surface area (Å²) in [5, 5.41) is 4.66. The summed E-state index contributed by atoms with van der Waals surface area (Å²) in [6.07, 6.45) is 0.823. The van der Waals surface area contributed by atoms with Gasteiger partial charge in [0.2, 0.25) is 0 Å². The molecular formula is C15H19IN2O4. The molecule has 1 rings (SSSR count). The van der Waals surface area contributed by atoms with E-state index in [2.05, 4.69) is 33.2 Å². The molecule has 2 N–H and O–H groups in total. The Kier molecular flexibility index (Phi) is 7.86. The van der Waals surface area contributed by atoms with Gasteiger partial charge >= 0.3 is 12.0 Å². The van der Waals surface area contributed by atoms with Crippen molar-refractivity contribution in [3.63, 3.8) is 0 Å². The highest BCUT2D eigenvalue weighted by atomic mass is 127. The third-order valence-corrected chi connectivity index (χ3v) is 3.33. The molecule has 0 aliphatic rings. The first-order valence-electron chi connectivity index (χ1n) is 6.89. The van der Waals surface area contributed by atoms with Crippen LogP contribution in [-0.4, -0.2) is 31.1 Å². The quantitative estimate of drug-likeness (QED) is 0.549. The standard InChI is InChI=1S/C15H19IN2O4/c1-10(2)6-7-17-15(21)18-13(19)9-22-14(20)11-4-3-5-12(16)8-11/h3-5,8,10H,6-7,9H2,1-2H3,(H2,17,18,19,21). The van der Waals surface area contributed by atoms with Gasteiger partial charge in [0.05, 0.1) is 5.56 Å². The van der Waals surface area contributed by atoms with Crippen LogP contribution in [0.1, 0.15) is 30.6 Å². The Hall–Kier alpha value is -1.64. The van der Waals surface area contributed by atoms with E-state index in [0.29, 0.717) is 18.0 Å². The summed E-state index contributed by atoms with van der Waals surface area (Å²) < 4.78 is 5.74. The first-order chi connectivity index (χ1) is 10.4. The maximum absolute atomic E-state index is 11.7. The average Bonchev–Trinajstić information content (AvgIpc) is 2.44. The van der Waals surface area contributed by atoms with Crippen molar-refractivity contribution in [3.05, 3.63) is 33.4 Å². The average molecular weight is 418 g/mol. The van der Waals surface area contributed by atoms with Gasteiger partial charge in [-0.05, 0) is 53.1 Å². The molecule has 0 heterocycles. The van der Waals surface area contributed by atoms with E-state index in [1.807, 2.05) is 19.9 Å². The predicted octanol–water partition coefficient (Wildman–Crippen LogP) is 2.32. The SMILES string of the molecule is CC(C)CCNC(=O)NC(=O)COC(=O)c1cccc(I)c1. The van der Waals surface area contributed by atoms with E-state index in [0.717, 1.165) is 9.99 Å². The molecular weight excluding hydrogens is 399 g/mol. The lowest BCUT2D eigenvalue weighted by molar-refractivity contribution is -0.123. The molecule has 0 fully saturated rings. The number of imide groups is 1. The number of ether oxygens (including phenoxy) is 1. The third kappa shape index (κ3) is 7.39. The van der Waals surface area contributed by atoms with Crippen molar-refractivity contribution in [3.8, 4) is 0 Å². The van der Waals surface area contributed by atoms with Crippen LogP contribution in [-0.2, 0) is 9.53 Å². The fourth-order valence-corrected chi connectivity index (χ4v) is 2.05. The van der Waals surface area contributed by atoms with Crippen LogP contribution in [0.15, 0.2) is 24.3 Å². The van der Waals surface area contributed by atoms with Crippen LogP contribution in [0.5, 0.6) is 0 Å². The van der Waals surface area contributed by atoms with E-state index in [1.54, 1.807) is 18.2 Å². The van der Waals surface area contributed by atoms with E-state index in [9.17, 15) is 14.4 Å². The van der Waals surface area contributed by atoms with Gasteiger partial charge in [0.15, 0.2) is 6.61 Å². The van der Waals surface area contributed by atoms with Crippen LogP contribution in [0.25, 0.3) is 0 Å². The molecule has 120 valence electrons. The largest absolute Gasteiger partial charge is 0.452 e. The van der Waals surface area contributed by atoms with Gasteiger partial charge < -0.3 is 10.1 Å². The second-order valence-electron chi connectivity index (χ2n) is 5.07. The van der Waals surface area contributed by atoms with Gasteiger partial charge in [-0.1, -0.05) is 19.9 Å². The molecule has 22 heavy (non-hydrogen) atoms. The van der Waals surface area contributed by atoms with Crippen molar-refractivity contribution < 1.29 is 19.1 Å². The molecule has 7 heteroatoms. The van der Waals surface area contributed by atoms with Crippen LogP contribution < -0.4 is 10.6 Å². The van der Waals surface area contributed by atoms with Crippen molar-refractivity contribution in [2.75, 3.05) is 13.2 Å². The van der Waals surface area contributed by atoms with E-state index in [4.69, 9.17) is 4.74 Å². The van der Waals surface area contributed by atoms with Crippen molar-refractivity contribution in [1.82, 2.24) is 10.6 Å². The first-order valence-corrected chi connectivity index (χ1v) is 7.96. The summed E-state index contributed by atoms with van der Waals surface area (Å²) >= 11 is 2.07. The molecule has 0 aromatic heterocycles. The molecule has 0 saturated heterocycles. The van der Waals surface area contributed by atoms with Crippen LogP contribution in [0.3, 0.4) is 0 Å². The predicted molar refractivity (Wildman–Crippen MR) is 90.4 cm³/mol. The van der Waals surface area contributed by atoms with Crippen LogP contribution in [0, 0.1) is 9.49 Å². The van der Waals surface area contributed by atoms with Crippen molar-refractivity contribution in [2.24, 2.45) is 5.92 Å². The van der Waals surface area contributed by atoms with E-state index in [1.165, 1.54) is 0 Å². The summed E-state index contributed by atoms with van der Waals surface area (Å²) in [4.78, 5) is 34.6. The van der Waals surface area contributed by atoms with Gasteiger partial charge in [-0.15, -0.1) is 0 Å². The number of benzene rings is 1. The van der Waals surface area contributed by atoms with Gasteiger partial charge in [0.1, 0.15) is 0 Å². The zero-order valence-corrected chi connectivity index (χ0v) is 14.7. The summed E-state index contributed by atoms with van der Waals surface area (Å²) in [6, 6.07) is 6.23. The summed E-state index contributed by atoms with van der Waals surface area (Å²) in [5.41, 5.74) is 0.362. The van der Waals surface area contributed by atoms with Crippen molar-refractivity contribution in [1.29, 1.82) is 0 Å². The number of amides is 3. The third-order valence-electron chi connectivity index (χ3n) is 2.65. The molecule has 0 bridgehead atoms. The number of nitrogens with one attached hydrogen (secondary N) is 2. The highest BCUT2D eigenvalue weighted by Crippen LogP contribution is 2.08. The van der Waals surface area contributed by atoms with Crippen LogP contribution in [0.4, 0.5) is 4.79 Å². The zero-order valence-electron chi connectivity index (χ0n) is 12.5. The molecule has 0 saturated carbocycles. The van der Waals surface area contributed by atoms with Crippen LogP contribution in [0.2, 0.25) is 0 Å². The Morgan fingerprint density at radius 2 is 2.00 bits per heavy atom. The summed E-state index contributed by atoms with van der Waals surface area (Å²) in [6.45, 7) is 4.06. The Balaban J connectivity index is 2.30. The molecule has 1 aromatic rings. The first kappa shape index (κ1) is 18.4. The number of rotatable bonds is 6. The lowest BCUT2D eigenvalue weighted by Gasteiger charge is -2.08. The highest BCUT2D eigenvalue weighted by molar-refractivity contribution is 14.1. The second-order valence-corrected chi connectivity index (χ2v) is 6.32. The van der Waals surface area contributed by atoms with E-state index in [-0.39, 0.29) is 0 Å². The minimum absolute atomic E-state index is 0.362. The molecule has 3 amide bonds. The minimum Gasteiger partial charge on any atom is -0.452 e. The van der Waals surface area contributed by atoms with Crippen LogP contribution >= 0.6 is 22.6 Å². The number of hydrogen-bond acceptors (Lipinski definition) is 4. The lowest BCUT2D eigenvalue weighted by atomic mass is 10.1. The van der Waals surface area contributed by atoms with Gasteiger partial charge in [-0.3, -0.25) is 10.1 Å². The molecule has 0 aliphatic heterocycles. The Bertz CT molecular complexity index is 546. The molecule has 1 aromatic carbocycles. The monoisotopic (exact) mass is 418 g/mol. The number of carbonyl (C=O) groups is 3. The molecule has 0 atom stereocenters. The number of esters is 1. The maximum Gasteiger partial charge on any atom is 0.338 e. The smallest absolute Gasteiger partial charge is 0.338 e. The van der Waals surface area contributed by atoms with Gasteiger partial charge in [0, 0.05) is 10.1 Å². The van der Waals surface area contributed by atoms with Crippen molar-refractivity contribution >= 4 is 40.5 Å². The van der Waals surface area contributed by atoms with Gasteiger partial charge in [-0.25, -0.2) is 9.59 Å². The number of hydrogen-bond donors (Lipinski definition) is 2. The molecule has 0 spiro atoms. The topological polar surface area (TPSA) is 84.5 Å². The van der Waals surface area contributed by atoms with E-state index < -0.39 is 24.5 Å². The number of urea groups is 1. The molecule has 6 nitrogen and oxygen atoms in total. The fourth-order valence-electron chi connectivity index (χ4n) is 1.51. The Morgan fingerprint density at radius 1 is 1.27 bits per heavy atom. The fraction of sp³-hybridized carbons (Fsp3) is 0.400. The molecule has 0 aliphatic carbocycles. The Labute approximate surface area is 143 Å². The minimum atomic E-state index is -0.666. The highest BCUT2D eigenvalue weighted by Gasteiger charge is 2.12. The maximum atomic E-state index is 11.7.